The number of aliphatic hydroxyl groups excluding tert-OH is 2. The molecule has 0 bridgehead atoms. The minimum atomic E-state index is -0.741. The number of carboxylic acid groups (broad SMARTS) is 1. The highest BCUT2D eigenvalue weighted by molar-refractivity contribution is 6.21. The van der Waals surface area contributed by atoms with Crippen molar-refractivity contribution in [3.05, 3.63) is 23.8 Å². The Bertz CT molecular complexity index is 516. The second kappa shape index (κ2) is 10.5. The van der Waals surface area contributed by atoms with Crippen molar-refractivity contribution in [1.29, 1.82) is 0 Å². The molecular weight excluding hydrogens is 352 g/mol. The van der Waals surface area contributed by atoms with Crippen LogP contribution in [0.3, 0.4) is 0 Å². The standard InChI is InChI=1S/C21H33ClO4/c1-2-3-7-18(22)19(23)10-9-16-17-12-14(6-4-5-8-21(25)26)11-15(17)13-20(16)24/h6,9-10,15-20,23-24H,2-5,7-8,11-13H2,1H3,(H,25,26)/b10-9+,14-6+/t15-,16-,17+,18?,19+,20-/m1/s1. The quantitative estimate of drug-likeness (QED) is 0.298. The maximum atomic E-state index is 10.6. The predicted octanol–water partition coefficient (Wildman–Crippen LogP) is 4.29. The van der Waals surface area contributed by atoms with E-state index in [1.54, 1.807) is 6.08 Å². The Morgan fingerprint density at radius 1 is 1.35 bits per heavy atom. The summed E-state index contributed by atoms with van der Waals surface area (Å²) in [5.41, 5.74) is 1.40. The Morgan fingerprint density at radius 2 is 2.12 bits per heavy atom. The first-order valence-corrected chi connectivity index (χ1v) is 10.4. The molecular formula is C21H33ClO4. The maximum absolute atomic E-state index is 10.6. The minimum absolute atomic E-state index is 0.0783. The molecule has 2 aliphatic carbocycles. The molecule has 2 saturated carbocycles. The third-order valence-corrected chi connectivity index (χ3v) is 6.35. The van der Waals surface area contributed by atoms with Crippen molar-refractivity contribution in [3.8, 4) is 0 Å². The summed E-state index contributed by atoms with van der Waals surface area (Å²) in [7, 11) is 0. The van der Waals surface area contributed by atoms with Gasteiger partial charge in [-0.3, -0.25) is 4.79 Å². The third-order valence-electron chi connectivity index (χ3n) is 5.87. The molecule has 0 radical (unpaired) electrons. The van der Waals surface area contributed by atoms with Gasteiger partial charge in [0.1, 0.15) is 0 Å². The lowest BCUT2D eigenvalue weighted by molar-refractivity contribution is -0.137. The molecule has 26 heavy (non-hydrogen) atoms. The van der Waals surface area contributed by atoms with Gasteiger partial charge in [-0.25, -0.2) is 0 Å². The van der Waals surface area contributed by atoms with E-state index in [1.807, 2.05) is 6.08 Å². The summed E-state index contributed by atoms with van der Waals surface area (Å²) in [5.74, 6) is 0.253. The van der Waals surface area contributed by atoms with Crippen molar-refractivity contribution in [2.75, 3.05) is 0 Å². The number of rotatable bonds is 10. The van der Waals surface area contributed by atoms with Crippen LogP contribution in [0.4, 0.5) is 0 Å². The zero-order valence-corrected chi connectivity index (χ0v) is 16.4. The number of unbranched alkanes of at least 4 members (excludes halogenated alkanes) is 2. The largest absolute Gasteiger partial charge is 0.481 e. The Labute approximate surface area is 161 Å². The van der Waals surface area contributed by atoms with Gasteiger partial charge in [0.05, 0.1) is 17.6 Å². The third kappa shape index (κ3) is 6.11. The molecule has 6 atom stereocenters. The predicted molar refractivity (Wildman–Crippen MR) is 104 cm³/mol. The van der Waals surface area contributed by atoms with Gasteiger partial charge in [-0.15, -0.1) is 11.6 Å². The van der Waals surface area contributed by atoms with E-state index in [0.717, 1.165) is 44.9 Å². The van der Waals surface area contributed by atoms with E-state index >= 15 is 0 Å². The monoisotopic (exact) mass is 384 g/mol. The zero-order chi connectivity index (χ0) is 19.1. The fraction of sp³-hybridized carbons (Fsp3) is 0.762. The average Bonchev–Trinajstić information content (AvgIpc) is 3.10. The van der Waals surface area contributed by atoms with Gasteiger partial charge in [0, 0.05) is 12.3 Å². The van der Waals surface area contributed by atoms with E-state index in [9.17, 15) is 15.0 Å². The van der Waals surface area contributed by atoms with E-state index < -0.39 is 12.1 Å². The van der Waals surface area contributed by atoms with Crippen molar-refractivity contribution < 1.29 is 20.1 Å². The first kappa shape index (κ1) is 21.5. The Hall–Kier alpha value is -0.840. The second-order valence-electron chi connectivity index (χ2n) is 7.89. The number of hydrogen-bond donors (Lipinski definition) is 3. The normalized spacial score (nSPS) is 32.2. The average molecular weight is 385 g/mol. The number of halogens is 1. The van der Waals surface area contributed by atoms with E-state index in [-0.39, 0.29) is 23.8 Å². The van der Waals surface area contributed by atoms with Crippen LogP contribution >= 0.6 is 11.6 Å². The van der Waals surface area contributed by atoms with Crippen molar-refractivity contribution in [2.24, 2.45) is 17.8 Å². The summed E-state index contributed by atoms with van der Waals surface area (Å²) < 4.78 is 0. The van der Waals surface area contributed by atoms with Crippen molar-refractivity contribution in [3.63, 3.8) is 0 Å². The minimum Gasteiger partial charge on any atom is -0.481 e. The highest BCUT2D eigenvalue weighted by atomic mass is 35.5. The van der Waals surface area contributed by atoms with Gasteiger partial charge in [0.2, 0.25) is 0 Å². The number of hydrogen-bond acceptors (Lipinski definition) is 3. The van der Waals surface area contributed by atoms with Crippen LogP contribution in [0.1, 0.15) is 64.7 Å². The van der Waals surface area contributed by atoms with Gasteiger partial charge in [-0.05, 0) is 50.4 Å². The highest BCUT2D eigenvalue weighted by Gasteiger charge is 2.44. The van der Waals surface area contributed by atoms with Gasteiger partial charge in [0.25, 0.3) is 0 Å². The second-order valence-corrected chi connectivity index (χ2v) is 8.46. The molecule has 2 aliphatic rings. The van der Waals surface area contributed by atoms with Crippen molar-refractivity contribution >= 4 is 17.6 Å². The highest BCUT2D eigenvalue weighted by Crippen LogP contribution is 2.50. The fourth-order valence-electron chi connectivity index (χ4n) is 4.43. The molecule has 2 fully saturated rings. The number of carboxylic acids is 1. The molecule has 0 saturated heterocycles. The molecule has 0 aliphatic heterocycles. The topological polar surface area (TPSA) is 77.8 Å². The zero-order valence-electron chi connectivity index (χ0n) is 15.7. The van der Waals surface area contributed by atoms with Gasteiger partial charge >= 0.3 is 5.97 Å². The number of aliphatic carboxylic acids is 1. The lowest BCUT2D eigenvalue weighted by Crippen LogP contribution is -2.21. The van der Waals surface area contributed by atoms with Crippen LogP contribution in [0.25, 0.3) is 0 Å². The van der Waals surface area contributed by atoms with Gasteiger partial charge in [-0.2, -0.15) is 0 Å². The van der Waals surface area contributed by atoms with Gasteiger partial charge in [-0.1, -0.05) is 43.6 Å². The van der Waals surface area contributed by atoms with Crippen LogP contribution in [0.2, 0.25) is 0 Å². The molecule has 5 heteroatoms. The molecule has 3 N–H and O–H groups in total. The van der Waals surface area contributed by atoms with E-state index in [1.165, 1.54) is 5.57 Å². The first-order valence-electron chi connectivity index (χ1n) is 10.0. The molecule has 0 aromatic heterocycles. The smallest absolute Gasteiger partial charge is 0.303 e. The molecule has 4 nitrogen and oxygen atoms in total. The van der Waals surface area contributed by atoms with E-state index in [2.05, 4.69) is 13.0 Å². The maximum Gasteiger partial charge on any atom is 0.303 e. The summed E-state index contributed by atoms with van der Waals surface area (Å²) in [6, 6.07) is 0. The Balaban J connectivity index is 1.87. The Kier molecular flexibility index (Phi) is 8.65. The molecule has 0 spiro atoms. The lowest BCUT2D eigenvalue weighted by atomic mass is 9.90. The van der Waals surface area contributed by atoms with Crippen LogP contribution < -0.4 is 0 Å². The molecule has 1 unspecified atom stereocenters. The summed E-state index contributed by atoms with van der Waals surface area (Å²) in [6.45, 7) is 2.10. The summed E-state index contributed by atoms with van der Waals surface area (Å²) in [4.78, 5) is 10.6. The van der Waals surface area contributed by atoms with Gasteiger partial charge in [0.15, 0.2) is 0 Å². The molecule has 0 aromatic carbocycles. The van der Waals surface area contributed by atoms with E-state index in [4.69, 9.17) is 16.7 Å². The lowest BCUT2D eigenvalue weighted by Gasteiger charge is -2.19. The van der Waals surface area contributed by atoms with Crippen LogP contribution in [-0.4, -0.2) is 38.9 Å². The van der Waals surface area contributed by atoms with Gasteiger partial charge < -0.3 is 15.3 Å². The number of aliphatic hydroxyl groups is 2. The SMILES string of the molecule is CCCCC(Cl)[C@@H](O)/C=C/[C@@H]1[C@H]2C/C(=C/CCCC(=O)O)C[C@@H]2C[C@H]1O. The summed E-state index contributed by atoms with van der Waals surface area (Å²) in [6.07, 6.45) is 12.3. The van der Waals surface area contributed by atoms with E-state index in [0.29, 0.717) is 18.3 Å². The number of alkyl halides is 1. The molecule has 0 heterocycles. The summed E-state index contributed by atoms with van der Waals surface area (Å²) in [5, 5.41) is 29.0. The Morgan fingerprint density at radius 3 is 2.81 bits per heavy atom. The summed E-state index contributed by atoms with van der Waals surface area (Å²) >= 11 is 6.24. The van der Waals surface area contributed by atoms with Crippen molar-refractivity contribution in [2.45, 2.75) is 82.3 Å². The number of allylic oxidation sites excluding steroid dienone is 2. The number of carbonyl (C=O) groups is 1. The number of fused-ring (bicyclic) bond motifs is 1. The van der Waals surface area contributed by atoms with Crippen molar-refractivity contribution in [1.82, 2.24) is 0 Å². The molecule has 148 valence electrons. The molecule has 2 rings (SSSR count). The molecule has 0 aromatic rings. The van der Waals surface area contributed by atoms with Crippen LogP contribution in [0, 0.1) is 17.8 Å². The first-order chi connectivity index (χ1) is 12.4. The fourth-order valence-corrected chi connectivity index (χ4v) is 4.67. The van der Waals surface area contributed by atoms with Crippen LogP contribution in [0.5, 0.6) is 0 Å². The molecule has 0 amide bonds. The van der Waals surface area contributed by atoms with Crippen LogP contribution in [0.15, 0.2) is 23.8 Å². The van der Waals surface area contributed by atoms with Crippen LogP contribution in [-0.2, 0) is 4.79 Å².